The van der Waals surface area contributed by atoms with E-state index in [1.54, 1.807) is 24.8 Å². The van der Waals surface area contributed by atoms with Gasteiger partial charge in [0, 0.05) is 127 Å². The highest BCUT2D eigenvalue weighted by Gasteiger charge is 2.25. The molecule has 21 aromatic carbocycles. The van der Waals surface area contributed by atoms with Gasteiger partial charge in [0.05, 0.1) is 94.6 Å². The molecule has 9 heteroatoms. The zero-order chi connectivity index (χ0) is 86.0. The van der Waals surface area contributed by atoms with Crippen molar-refractivity contribution < 1.29 is 0 Å². The Bertz CT molecular complexity index is 9620. The van der Waals surface area contributed by atoms with Gasteiger partial charge in [-0.1, -0.05) is 291 Å². The molecule has 0 saturated heterocycles. The van der Waals surface area contributed by atoms with E-state index in [0.717, 1.165) is 76.7 Å². The number of benzene rings is 21. The summed E-state index contributed by atoms with van der Waals surface area (Å²) in [5, 5.41) is 29.8. The van der Waals surface area contributed by atoms with Gasteiger partial charge in [0.15, 0.2) is 0 Å². The van der Waals surface area contributed by atoms with Crippen LogP contribution in [0.15, 0.2) is 407 Å². The number of hydrogen-bond acceptors (Lipinski definition) is 6. The van der Waals surface area contributed by atoms with Gasteiger partial charge in [0.1, 0.15) is 0 Å². The lowest BCUT2D eigenvalue weighted by Gasteiger charge is -2.11. The van der Waals surface area contributed by atoms with Gasteiger partial charge in [-0.15, -0.1) is 0 Å². The first kappa shape index (κ1) is 72.9. The van der Waals surface area contributed by atoms with Gasteiger partial charge in [-0.3, -0.25) is 24.9 Å². The first-order valence-corrected chi connectivity index (χ1v) is 44.8. The smallest absolute Gasteiger partial charge is 0.0979 e. The molecule has 9 heterocycles. The van der Waals surface area contributed by atoms with Gasteiger partial charge in [-0.2, -0.15) is 0 Å². The SMILES string of the molecule is Cc1ccc2c(c1)c1cc(C)cc3c4cc(-c5cccc(-c6cnc7c8ccccc8c8ccccc8c7n6)c5)ccc4n2c13.c1ccc2c(c1)c1cc(-c3ccc(-c4ccc5c(c4)c4cccc6c7ccccc7n5c64)cc3)ccc1c1nccnc21.c1ccc2c(c1)c1ccc(-c3ccc(-c4ccc5c(c4)c4cccc6c7ccccc7n5c64)cc3)cc1c1nccnc21. The van der Waals surface area contributed by atoms with Gasteiger partial charge in [0.2, 0.25) is 0 Å². The van der Waals surface area contributed by atoms with E-state index in [4.69, 9.17) is 24.9 Å². The molecule has 30 rings (SSSR count). The van der Waals surface area contributed by atoms with Crippen LogP contribution in [0, 0.1) is 13.8 Å². The average Bonchev–Trinajstić information content (AvgIpc) is 1.55. The maximum absolute atomic E-state index is 5.24. The number of aryl methyl sites for hydroxylation is 2. The first-order valence-electron chi connectivity index (χ1n) is 44.8. The van der Waals surface area contributed by atoms with Crippen LogP contribution in [0.2, 0.25) is 0 Å². The second-order valence-electron chi connectivity index (χ2n) is 35.3. The van der Waals surface area contributed by atoms with Crippen molar-refractivity contribution in [2.75, 3.05) is 0 Å². The van der Waals surface area contributed by atoms with Crippen LogP contribution in [0.1, 0.15) is 11.1 Å². The third-order valence-electron chi connectivity index (χ3n) is 28.0. The molecule has 0 atom stereocenters. The Labute approximate surface area is 749 Å². The summed E-state index contributed by atoms with van der Waals surface area (Å²) >= 11 is 0. The minimum atomic E-state index is 0.879. The summed E-state index contributed by atoms with van der Waals surface area (Å²) in [5.41, 5.74) is 33.7. The molecule has 30 aromatic rings. The minimum Gasteiger partial charge on any atom is -0.308 e. The highest BCUT2D eigenvalue weighted by atomic mass is 14.9. The van der Waals surface area contributed by atoms with Crippen molar-refractivity contribution in [2.24, 2.45) is 0 Å². The van der Waals surface area contributed by atoms with Crippen LogP contribution in [-0.2, 0) is 0 Å². The summed E-state index contributed by atoms with van der Waals surface area (Å²) < 4.78 is 7.31. The van der Waals surface area contributed by atoms with Gasteiger partial charge < -0.3 is 13.2 Å². The highest BCUT2D eigenvalue weighted by Crippen LogP contribution is 2.48. The molecule has 0 radical (unpaired) electrons. The standard InChI is InChI=1S/C42H27N3.2C40H23N3/c1-24-14-16-38-33(18-24)35-19-25(2)20-36-34-22-27(15-17-39(34)45(38)42(35)36)26-8-7-9-28(21-26)37-23-43-40-31-12-5-3-10-29(31)30-11-4-6-13-32(30)41(40)44-37;1-2-8-31-28(6-1)29-18-16-26(23-35(29)39-38(31)41-20-21-42-39)24-12-14-25(15-13-24)27-17-19-37-34(22-27)33-10-5-9-32-30-7-3-4-11-36(30)43(37)40(32)33;1-2-8-30-28(6-1)34-22-26(16-18-31(34)39-38(30)41-20-21-42-39)24-12-14-25(15-13-24)27-17-19-37-35(23-27)33-10-5-9-32-29-7-3-4-11-36(29)43(37)40(32)33/h3-23H,1-2H3;2*1-23H. The van der Waals surface area contributed by atoms with Crippen molar-refractivity contribution >= 4 is 212 Å². The van der Waals surface area contributed by atoms with E-state index in [1.807, 2.05) is 6.20 Å². The quantitative estimate of drug-likeness (QED) is 0.154. The number of hydrogen-bond donors (Lipinski definition) is 0. The summed E-state index contributed by atoms with van der Waals surface area (Å²) in [7, 11) is 0. The lowest BCUT2D eigenvalue weighted by atomic mass is 9.94. The van der Waals surface area contributed by atoms with Gasteiger partial charge in [-0.05, 0) is 198 Å². The Morgan fingerprint density at radius 3 is 0.908 bits per heavy atom. The van der Waals surface area contributed by atoms with Crippen LogP contribution in [0.3, 0.4) is 0 Å². The second-order valence-corrected chi connectivity index (χ2v) is 35.3. The molecule has 0 spiro atoms. The highest BCUT2D eigenvalue weighted by molar-refractivity contribution is 6.30. The third kappa shape index (κ3) is 10.9. The van der Waals surface area contributed by atoms with Crippen LogP contribution in [-0.4, -0.2) is 43.1 Å². The number of nitrogens with zero attached hydrogens (tertiary/aromatic N) is 9. The minimum absolute atomic E-state index is 0.879. The molecule has 131 heavy (non-hydrogen) atoms. The zero-order valence-electron chi connectivity index (χ0n) is 71.2. The van der Waals surface area contributed by atoms with Crippen LogP contribution in [0.5, 0.6) is 0 Å². The maximum Gasteiger partial charge on any atom is 0.0979 e. The van der Waals surface area contributed by atoms with E-state index < -0.39 is 0 Å². The largest absolute Gasteiger partial charge is 0.308 e. The van der Waals surface area contributed by atoms with Crippen LogP contribution >= 0.6 is 0 Å². The first-order chi connectivity index (χ1) is 64.8. The molecule has 0 N–H and O–H groups in total. The molecule has 0 aliphatic heterocycles. The van der Waals surface area contributed by atoms with Crippen molar-refractivity contribution in [1.82, 2.24) is 43.1 Å². The van der Waals surface area contributed by atoms with Gasteiger partial charge >= 0.3 is 0 Å². The summed E-state index contributed by atoms with van der Waals surface area (Å²) in [6, 6.07) is 137. The molecule has 9 aromatic heterocycles. The molecule has 0 unspecified atom stereocenters. The predicted molar refractivity (Wildman–Crippen MR) is 550 cm³/mol. The van der Waals surface area contributed by atoms with Gasteiger partial charge in [-0.25, -0.2) is 4.98 Å². The molecular weight excluding hydrogens is 1590 g/mol. The Kier molecular flexibility index (Phi) is 15.6. The molecule has 0 amide bonds. The fourth-order valence-corrected chi connectivity index (χ4v) is 22.2. The van der Waals surface area contributed by atoms with E-state index in [9.17, 15) is 0 Å². The van der Waals surface area contributed by atoms with Crippen molar-refractivity contribution in [2.45, 2.75) is 13.8 Å². The lowest BCUT2D eigenvalue weighted by molar-refractivity contribution is 1.31. The Morgan fingerprint density at radius 2 is 0.435 bits per heavy atom. The van der Waals surface area contributed by atoms with E-state index in [2.05, 4.69) is 408 Å². The normalized spacial score (nSPS) is 12.2. The van der Waals surface area contributed by atoms with Crippen molar-refractivity contribution in [1.29, 1.82) is 0 Å². The second kappa shape index (κ2) is 28.0. The van der Waals surface area contributed by atoms with E-state index in [1.165, 1.54) is 213 Å². The van der Waals surface area contributed by atoms with Crippen LogP contribution in [0.4, 0.5) is 0 Å². The fraction of sp³-hybridized carbons (Fsp3) is 0.0164. The molecule has 0 bridgehead atoms. The third-order valence-corrected chi connectivity index (χ3v) is 28.0. The number of para-hydroxylation sites is 4. The van der Waals surface area contributed by atoms with Crippen molar-refractivity contribution in [3.8, 4) is 66.9 Å². The Hall–Kier alpha value is -17.4. The van der Waals surface area contributed by atoms with Crippen molar-refractivity contribution in [3.63, 3.8) is 0 Å². The zero-order valence-corrected chi connectivity index (χ0v) is 71.2. The average molecular weight is 1660 g/mol. The summed E-state index contributed by atoms with van der Waals surface area (Å²) in [5.74, 6) is 0. The Morgan fingerprint density at radius 1 is 0.160 bits per heavy atom. The van der Waals surface area contributed by atoms with E-state index >= 15 is 0 Å². The van der Waals surface area contributed by atoms with Crippen molar-refractivity contribution in [3.05, 3.63) is 418 Å². The summed E-state index contributed by atoms with van der Waals surface area (Å²) in [4.78, 5) is 29.1. The maximum atomic E-state index is 5.24. The Balaban J connectivity index is 0.0000000986. The predicted octanol–water partition coefficient (Wildman–Crippen LogP) is 31.9. The molecule has 0 aliphatic carbocycles. The molecule has 0 fully saturated rings. The molecule has 0 saturated carbocycles. The molecule has 606 valence electrons. The van der Waals surface area contributed by atoms with Crippen LogP contribution < -0.4 is 0 Å². The summed E-state index contributed by atoms with van der Waals surface area (Å²) in [6.45, 7) is 4.38. The lowest BCUT2D eigenvalue weighted by Crippen LogP contribution is -1.92. The fourth-order valence-electron chi connectivity index (χ4n) is 22.2. The van der Waals surface area contributed by atoms with Gasteiger partial charge in [0.25, 0.3) is 0 Å². The molecule has 9 nitrogen and oxygen atoms in total. The number of rotatable bonds is 6. The number of fused-ring (bicyclic) bond motifs is 36. The topological polar surface area (TPSA) is 90.6 Å². The summed E-state index contributed by atoms with van der Waals surface area (Å²) in [6.07, 6.45) is 9.05. The molecule has 0 aliphatic rings. The van der Waals surface area contributed by atoms with Crippen LogP contribution in [0.25, 0.3) is 279 Å². The monoisotopic (exact) mass is 1660 g/mol. The van der Waals surface area contributed by atoms with E-state index in [-0.39, 0.29) is 0 Å². The number of aromatic nitrogens is 9. The van der Waals surface area contributed by atoms with E-state index in [0.29, 0.717) is 0 Å². The molecular formula is C122H73N9.